The van der Waals surface area contributed by atoms with Gasteiger partial charge in [0.25, 0.3) is 5.91 Å². The van der Waals surface area contributed by atoms with Gasteiger partial charge in [-0.1, -0.05) is 13.8 Å². The Balaban J connectivity index is 1.42. The van der Waals surface area contributed by atoms with Crippen LogP contribution >= 0.6 is 0 Å². The van der Waals surface area contributed by atoms with Gasteiger partial charge in [-0.25, -0.2) is 4.98 Å². The molecule has 0 spiro atoms. The van der Waals surface area contributed by atoms with E-state index in [1.807, 2.05) is 35.0 Å². The van der Waals surface area contributed by atoms with Crippen LogP contribution in [0.1, 0.15) is 49.3 Å². The topological polar surface area (TPSA) is 61.7 Å². The Morgan fingerprint density at radius 2 is 1.70 bits per heavy atom. The Hall–Kier alpha value is -2.41. The molecule has 30 heavy (non-hydrogen) atoms. The Morgan fingerprint density at radius 3 is 2.37 bits per heavy atom. The van der Waals surface area contributed by atoms with Gasteiger partial charge in [-0.05, 0) is 37.0 Å². The quantitative estimate of drug-likeness (QED) is 0.759. The first-order chi connectivity index (χ1) is 14.4. The number of imidazole rings is 1. The summed E-state index contributed by atoms with van der Waals surface area (Å²) >= 11 is 0. The molecule has 0 N–H and O–H groups in total. The van der Waals surface area contributed by atoms with Crippen molar-refractivity contribution in [2.24, 2.45) is 13.0 Å². The van der Waals surface area contributed by atoms with Crippen molar-refractivity contribution >= 4 is 22.8 Å². The predicted octanol–water partition coefficient (Wildman–Crippen LogP) is 2.50. The van der Waals surface area contributed by atoms with Crippen LogP contribution in [-0.4, -0.2) is 75.3 Å². The monoisotopic (exact) mass is 411 g/mol. The van der Waals surface area contributed by atoms with E-state index in [0.717, 1.165) is 81.1 Å². The molecule has 162 valence electrons. The molecule has 1 aromatic carbocycles. The fraction of sp³-hybridized carbons (Fsp3) is 0.609. The standard InChI is InChI=1S/C23H33N5O2/c1-17(2)14-22(29)27-12-10-26(11-13-27)16-21-24-19-15-18(6-7-20(19)25(21)3)23(30)28-8-4-5-9-28/h6-7,15,17H,4-5,8-14,16H2,1-3H3. The lowest BCUT2D eigenvalue weighted by molar-refractivity contribution is -0.133. The summed E-state index contributed by atoms with van der Waals surface area (Å²) in [6, 6.07) is 5.87. The summed E-state index contributed by atoms with van der Waals surface area (Å²) in [6.07, 6.45) is 2.82. The van der Waals surface area contributed by atoms with Gasteiger partial charge in [-0.15, -0.1) is 0 Å². The number of carbonyl (C=O) groups excluding carboxylic acids is 2. The number of piperazine rings is 1. The molecule has 0 unspecified atom stereocenters. The van der Waals surface area contributed by atoms with E-state index in [0.29, 0.717) is 12.3 Å². The van der Waals surface area contributed by atoms with Crippen LogP contribution in [0.25, 0.3) is 11.0 Å². The number of rotatable bonds is 5. The second kappa shape index (κ2) is 8.76. The molecule has 7 heteroatoms. The van der Waals surface area contributed by atoms with Crippen molar-refractivity contribution in [1.29, 1.82) is 0 Å². The average molecular weight is 412 g/mol. The smallest absolute Gasteiger partial charge is 0.253 e. The number of aryl methyl sites for hydroxylation is 1. The molecule has 2 aromatic rings. The minimum Gasteiger partial charge on any atom is -0.340 e. The zero-order chi connectivity index (χ0) is 21.3. The maximum atomic E-state index is 12.7. The third kappa shape index (κ3) is 4.36. The van der Waals surface area contributed by atoms with Crippen molar-refractivity contribution in [3.63, 3.8) is 0 Å². The van der Waals surface area contributed by atoms with Gasteiger partial charge >= 0.3 is 0 Å². The van der Waals surface area contributed by atoms with E-state index >= 15 is 0 Å². The molecule has 0 aliphatic carbocycles. The van der Waals surface area contributed by atoms with Gasteiger partial charge in [-0.2, -0.15) is 0 Å². The highest BCUT2D eigenvalue weighted by Crippen LogP contribution is 2.21. The summed E-state index contributed by atoms with van der Waals surface area (Å²) in [5, 5.41) is 0. The van der Waals surface area contributed by atoms with Crippen molar-refractivity contribution in [3.8, 4) is 0 Å². The highest BCUT2D eigenvalue weighted by molar-refractivity contribution is 5.97. The second-order valence-corrected chi connectivity index (χ2v) is 9.04. The molecule has 0 bridgehead atoms. The minimum atomic E-state index is 0.115. The Morgan fingerprint density at radius 1 is 1.00 bits per heavy atom. The normalized spacial score (nSPS) is 18.0. The van der Waals surface area contributed by atoms with Crippen molar-refractivity contribution in [2.75, 3.05) is 39.3 Å². The summed E-state index contributed by atoms with van der Waals surface area (Å²) in [7, 11) is 2.04. The van der Waals surface area contributed by atoms with Crippen molar-refractivity contribution < 1.29 is 9.59 Å². The number of amides is 2. The zero-order valence-electron chi connectivity index (χ0n) is 18.4. The van der Waals surface area contributed by atoms with E-state index in [1.165, 1.54) is 0 Å². The lowest BCUT2D eigenvalue weighted by Crippen LogP contribution is -2.48. The summed E-state index contributed by atoms with van der Waals surface area (Å²) < 4.78 is 2.12. The molecule has 3 heterocycles. The van der Waals surface area contributed by atoms with E-state index in [-0.39, 0.29) is 11.8 Å². The SMILES string of the molecule is CC(C)CC(=O)N1CCN(Cc2nc3cc(C(=O)N4CCCC4)ccc3n2C)CC1. The van der Waals surface area contributed by atoms with Crippen LogP contribution in [0.5, 0.6) is 0 Å². The van der Waals surface area contributed by atoms with E-state index in [9.17, 15) is 9.59 Å². The predicted molar refractivity (Wildman–Crippen MR) is 117 cm³/mol. The molecule has 2 aliphatic rings. The molecule has 2 saturated heterocycles. The van der Waals surface area contributed by atoms with Gasteiger partial charge in [0.1, 0.15) is 5.82 Å². The van der Waals surface area contributed by atoms with Gasteiger partial charge in [0.2, 0.25) is 5.91 Å². The highest BCUT2D eigenvalue weighted by Gasteiger charge is 2.24. The van der Waals surface area contributed by atoms with Gasteiger partial charge in [0.15, 0.2) is 0 Å². The maximum Gasteiger partial charge on any atom is 0.253 e. The van der Waals surface area contributed by atoms with Gasteiger partial charge in [-0.3, -0.25) is 14.5 Å². The first kappa shape index (κ1) is 20.8. The second-order valence-electron chi connectivity index (χ2n) is 9.04. The first-order valence-corrected chi connectivity index (χ1v) is 11.2. The van der Waals surface area contributed by atoms with Crippen LogP contribution in [0.15, 0.2) is 18.2 Å². The molecule has 0 atom stereocenters. The van der Waals surface area contributed by atoms with Crippen molar-refractivity contribution in [2.45, 2.75) is 39.7 Å². The summed E-state index contributed by atoms with van der Waals surface area (Å²) in [5.74, 6) is 1.78. The summed E-state index contributed by atoms with van der Waals surface area (Å²) in [5.41, 5.74) is 2.66. The third-order valence-corrected chi connectivity index (χ3v) is 6.29. The van der Waals surface area contributed by atoms with E-state index in [2.05, 4.69) is 23.3 Å². The lowest BCUT2D eigenvalue weighted by Gasteiger charge is -2.34. The highest BCUT2D eigenvalue weighted by atomic mass is 16.2. The molecular weight excluding hydrogens is 378 g/mol. The van der Waals surface area contributed by atoms with Crippen LogP contribution in [0.2, 0.25) is 0 Å². The van der Waals surface area contributed by atoms with Gasteiger partial charge in [0, 0.05) is 58.3 Å². The Bertz CT molecular complexity index is 921. The van der Waals surface area contributed by atoms with Crippen LogP contribution in [-0.2, 0) is 18.4 Å². The Kier molecular flexibility index (Phi) is 6.09. The molecule has 2 aliphatic heterocycles. The number of aromatic nitrogens is 2. The Labute approximate surface area is 178 Å². The lowest BCUT2D eigenvalue weighted by atomic mass is 10.1. The van der Waals surface area contributed by atoms with Crippen LogP contribution in [0, 0.1) is 5.92 Å². The molecule has 0 saturated carbocycles. The number of fused-ring (bicyclic) bond motifs is 1. The van der Waals surface area contributed by atoms with Gasteiger partial charge in [0.05, 0.1) is 17.6 Å². The van der Waals surface area contributed by atoms with E-state index in [4.69, 9.17) is 4.98 Å². The van der Waals surface area contributed by atoms with E-state index in [1.54, 1.807) is 0 Å². The number of hydrogen-bond donors (Lipinski definition) is 0. The number of carbonyl (C=O) groups is 2. The molecule has 1 aromatic heterocycles. The van der Waals surface area contributed by atoms with Crippen LogP contribution in [0.4, 0.5) is 0 Å². The van der Waals surface area contributed by atoms with E-state index < -0.39 is 0 Å². The number of likely N-dealkylation sites (tertiary alicyclic amines) is 1. The van der Waals surface area contributed by atoms with Gasteiger partial charge < -0.3 is 14.4 Å². The first-order valence-electron chi connectivity index (χ1n) is 11.2. The molecule has 2 fully saturated rings. The molecule has 0 radical (unpaired) electrons. The minimum absolute atomic E-state index is 0.115. The van der Waals surface area contributed by atoms with Crippen LogP contribution in [0.3, 0.4) is 0 Å². The maximum absolute atomic E-state index is 12.7. The molecule has 2 amide bonds. The number of nitrogens with zero attached hydrogens (tertiary/aromatic N) is 5. The summed E-state index contributed by atoms with van der Waals surface area (Å²) in [6.45, 7) is 9.94. The largest absolute Gasteiger partial charge is 0.340 e. The fourth-order valence-electron chi connectivity index (χ4n) is 4.46. The van der Waals surface area contributed by atoms with Crippen molar-refractivity contribution in [3.05, 3.63) is 29.6 Å². The number of hydrogen-bond acceptors (Lipinski definition) is 4. The fourth-order valence-corrected chi connectivity index (χ4v) is 4.46. The summed E-state index contributed by atoms with van der Waals surface area (Å²) in [4.78, 5) is 36.1. The average Bonchev–Trinajstić information content (AvgIpc) is 3.36. The number of benzene rings is 1. The molecule has 4 rings (SSSR count). The zero-order valence-corrected chi connectivity index (χ0v) is 18.4. The molecule has 7 nitrogen and oxygen atoms in total. The van der Waals surface area contributed by atoms with Crippen molar-refractivity contribution in [1.82, 2.24) is 24.3 Å². The third-order valence-electron chi connectivity index (χ3n) is 6.29. The van der Waals surface area contributed by atoms with Crippen LogP contribution < -0.4 is 0 Å². The molecular formula is C23H33N5O2.